The van der Waals surface area contributed by atoms with E-state index in [0.29, 0.717) is 5.56 Å². The van der Waals surface area contributed by atoms with Crippen LogP contribution >= 0.6 is 15.9 Å². The van der Waals surface area contributed by atoms with Crippen molar-refractivity contribution in [3.63, 3.8) is 0 Å². The smallest absolute Gasteiger partial charge is 0.165 e. The van der Waals surface area contributed by atoms with Crippen LogP contribution in [0, 0.1) is 0 Å². The number of hydrogen-bond donors (Lipinski definition) is 1. The maximum atomic E-state index is 12.0. The molecule has 92 valence electrons. The number of rotatable bonds is 4. The van der Waals surface area contributed by atoms with Crippen molar-refractivity contribution in [2.75, 3.05) is 0 Å². The predicted molar refractivity (Wildman–Crippen MR) is 74.5 cm³/mol. The molecule has 3 heteroatoms. The van der Waals surface area contributed by atoms with Crippen LogP contribution in [0.1, 0.15) is 28.4 Å². The van der Waals surface area contributed by atoms with Gasteiger partial charge >= 0.3 is 0 Å². The van der Waals surface area contributed by atoms with Crippen LogP contribution in [0.4, 0.5) is 0 Å². The Hall–Kier alpha value is -1.45. The molecular formula is C15H13BrO2. The van der Waals surface area contributed by atoms with E-state index in [1.54, 1.807) is 12.1 Å². The van der Waals surface area contributed by atoms with Crippen LogP contribution < -0.4 is 0 Å². The summed E-state index contributed by atoms with van der Waals surface area (Å²) < 4.78 is 0.818. The molecule has 18 heavy (non-hydrogen) atoms. The summed E-state index contributed by atoms with van der Waals surface area (Å²) in [6.45, 7) is 0. The summed E-state index contributed by atoms with van der Waals surface area (Å²) in [5, 5.41) is 10.1. The molecule has 2 rings (SSSR count). The van der Waals surface area contributed by atoms with Gasteiger partial charge in [-0.3, -0.25) is 4.79 Å². The molecule has 0 fully saturated rings. The van der Waals surface area contributed by atoms with Gasteiger partial charge in [-0.05, 0) is 11.6 Å². The maximum Gasteiger partial charge on any atom is 0.165 e. The normalized spacial score (nSPS) is 12.1. The van der Waals surface area contributed by atoms with Crippen LogP contribution in [0.2, 0.25) is 0 Å². The first-order chi connectivity index (χ1) is 8.68. The zero-order valence-electron chi connectivity index (χ0n) is 9.71. The summed E-state index contributed by atoms with van der Waals surface area (Å²) >= 11 is 3.37. The Balaban J connectivity index is 2.11. The molecule has 0 aromatic heterocycles. The second kappa shape index (κ2) is 5.94. The first-order valence-corrected chi connectivity index (χ1v) is 6.48. The molecule has 2 nitrogen and oxygen atoms in total. The number of carbonyl (C=O) groups excluding carboxylic acids is 1. The number of ketones is 1. The minimum atomic E-state index is -0.784. The number of benzene rings is 2. The number of aliphatic hydroxyl groups excluding tert-OH is 1. The summed E-state index contributed by atoms with van der Waals surface area (Å²) in [6, 6.07) is 16.4. The summed E-state index contributed by atoms with van der Waals surface area (Å²) in [5.74, 6) is -0.0566. The first-order valence-electron chi connectivity index (χ1n) is 5.69. The molecule has 2 aromatic rings. The molecule has 2 aromatic carbocycles. The van der Waals surface area contributed by atoms with Crippen LogP contribution in [0.3, 0.4) is 0 Å². The van der Waals surface area contributed by atoms with Gasteiger partial charge in [-0.25, -0.2) is 0 Å². The second-order valence-corrected chi connectivity index (χ2v) is 4.88. The van der Waals surface area contributed by atoms with Gasteiger partial charge in [0.15, 0.2) is 5.78 Å². The van der Waals surface area contributed by atoms with Crippen molar-refractivity contribution in [3.05, 3.63) is 70.2 Å². The van der Waals surface area contributed by atoms with Crippen LogP contribution in [0.15, 0.2) is 59.1 Å². The summed E-state index contributed by atoms with van der Waals surface area (Å²) in [6.07, 6.45) is -0.694. The van der Waals surface area contributed by atoms with Crippen molar-refractivity contribution in [3.8, 4) is 0 Å². The molecule has 0 aliphatic rings. The molecule has 0 bridgehead atoms. The lowest BCUT2D eigenvalue weighted by Gasteiger charge is -2.12. The van der Waals surface area contributed by atoms with E-state index in [1.807, 2.05) is 42.5 Å². The van der Waals surface area contributed by atoms with Gasteiger partial charge in [-0.2, -0.15) is 0 Å². The van der Waals surface area contributed by atoms with Gasteiger partial charge < -0.3 is 5.11 Å². The molecular weight excluding hydrogens is 292 g/mol. The van der Waals surface area contributed by atoms with Crippen molar-refractivity contribution < 1.29 is 9.90 Å². The molecule has 0 aliphatic carbocycles. The van der Waals surface area contributed by atoms with Gasteiger partial charge in [-0.1, -0.05) is 64.5 Å². The van der Waals surface area contributed by atoms with Crippen molar-refractivity contribution in [1.82, 2.24) is 0 Å². The van der Waals surface area contributed by atoms with Gasteiger partial charge in [-0.15, -0.1) is 0 Å². The van der Waals surface area contributed by atoms with E-state index in [-0.39, 0.29) is 12.2 Å². The Bertz CT molecular complexity index is 537. The number of carbonyl (C=O) groups is 1. The summed E-state index contributed by atoms with van der Waals surface area (Å²) in [5.41, 5.74) is 1.37. The Morgan fingerprint density at radius 3 is 2.33 bits per heavy atom. The van der Waals surface area contributed by atoms with E-state index in [1.165, 1.54) is 0 Å². The lowest BCUT2D eigenvalue weighted by molar-refractivity contribution is 0.0879. The zero-order chi connectivity index (χ0) is 13.0. The quantitative estimate of drug-likeness (QED) is 0.873. The lowest BCUT2D eigenvalue weighted by atomic mass is 10.0. The third-order valence-electron chi connectivity index (χ3n) is 2.74. The highest BCUT2D eigenvalue weighted by Gasteiger charge is 2.16. The van der Waals surface area contributed by atoms with E-state index in [9.17, 15) is 9.90 Å². The minimum Gasteiger partial charge on any atom is -0.388 e. The third-order valence-corrected chi connectivity index (χ3v) is 3.46. The number of Topliss-reactive ketones (excluding diaryl/α,β-unsaturated/α-hetero) is 1. The fourth-order valence-corrected chi connectivity index (χ4v) is 2.32. The van der Waals surface area contributed by atoms with Crippen LogP contribution in [-0.2, 0) is 0 Å². The largest absolute Gasteiger partial charge is 0.388 e. The molecule has 0 spiro atoms. The lowest BCUT2D eigenvalue weighted by Crippen LogP contribution is -2.07. The summed E-state index contributed by atoms with van der Waals surface area (Å²) in [4.78, 5) is 12.0. The fourth-order valence-electron chi connectivity index (χ4n) is 1.77. The van der Waals surface area contributed by atoms with Gasteiger partial charge in [0.05, 0.1) is 6.10 Å². The highest BCUT2D eigenvalue weighted by atomic mass is 79.9. The highest BCUT2D eigenvalue weighted by Crippen LogP contribution is 2.26. The topological polar surface area (TPSA) is 37.3 Å². The van der Waals surface area contributed by atoms with E-state index in [2.05, 4.69) is 15.9 Å². The molecule has 0 saturated carbocycles. The standard InChI is InChI=1S/C15H13BrO2/c16-13-9-5-4-8-12(13)15(18)10-14(17)11-6-2-1-3-7-11/h1-9,15,18H,10H2. The maximum absolute atomic E-state index is 12.0. The third kappa shape index (κ3) is 3.06. The molecule has 0 heterocycles. The van der Waals surface area contributed by atoms with Crippen LogP contribution in [-0.4, -0.2) is 10.9 Å². The first kappa shape index (κ1) is 13.0. The predicted octanol–water partition coefficient (Wildman–Crippen LogP) is 3.76. The molecule has 0 saturated heterocycles. The number of halogens is 1. The van der Waals surface area contributed by atoms with Gasteiger partial charge in [0.2, 0.25) is 0 Å². The zero-order valence-corrected chi connectivity index (χ0v) is 11.3. The van der Waals surface area contributed by atoms with Crippen molar-refractivity contribution in [2.45, 2.75) is 12.5 Å². The van der Waals surface area contributed by atoms with E-state index < -0.39 is 6.10 Å². The highest BCUT2D eigenvalue weighted by molar-refractivity contribution is 9.10. The average Bonchev–Trinajstić information content (AvgIpc) is 2.40. The van der Waals surface area contributed by atoms with Crippen molar-refractivity contribution in [1.29, 1.82) is 0 Å². The average molecular weight is 305 g/mol. The van der Waals surface area contributed by atoms with Crippen LogP contribution in [0.25, 0.3) is 0 Å². The van der Waals surface area contributed by atoms with E-state index in [0.717, 1.165) is 10.0 Å². The Labute approximate surface area is 114 Å². The van der Waals surface area contributed by atoms with Crippen molar-refractivity contribution in [2.24, 2.45) is 0 Å². The molecule has 0 radical (unpaired) electrons. The van der Waals surface area contributed by atoms with E-state index >= 15 is 0 Å². The fraction of sp³-hybridized carbons (Fsp3) is 0.133. The second-order valence-electron chi connectivity index (χ2n) is 4.03. The van der Waals surface area contributed by atoms with E-state index in [4.69, 9.17) is 0 Å². The minimum absolute atomic E-state index is 0.0566. The molecule has 0 amide bonds. The van der Waals surface area contributed by atoms with Crippen molar-refractivity contribution >= 4 is 21.7 Å². The summed E-state index contributed by atoms with van der Waals surface area (Å²) in [7, 11) is 0. The molecule has 1 unspecified atom stereocenters. The number of hydrogen-bond acceptors (Lipinski definition) is 2. The number of aliphatic hydroxyl groups is 1. The Morgan fingerprint density at radius 2 is 1.67 bits per heavy atom. The molecule has 0 aliphatic heterocycles. The Kier molecular flexibility index (Phi) is 4.28. The molecule has 1 N–H and O–H groups in total. The monoisotopic (exact) mass is 304 g/mol. The SMILES string of the molecule is O=C(CC(O)c1ccccc1Br)c1ccccc1. The van der Waals surface area contributed by atoms with Gasteiger partial charge in [0.25, 0.3) is 0 Å². The Morgan fingerprint density at radius 1 is 1.06 bits per heavy atom. The van der Waals surface area contributed by atoms with Crippen LogP contribution in [0.5, 0.6) is 0 Å². The van der Waals surface area contributed by atoms with Gasteiger partial charge in [0, 0.05) is 16.5 Å². The molecule has 1 atom stereocenters. The van der Waals surface area contributed by atoms with Gasteiger partial charge in [0.1, 0.15) is 0 Å².